The molecule has 1 N–H and O–H groups in total. The third-order valence-corrected chi connectivity index (χ3v) is 7.98. The molecule has 4 rings (SSSR count). The molecule has 8 nitrogen and oxygen atoms in total. The van der Waals surface area contributed by atoms with Gasteiger partial charge in [0.2, 0.25) is 21.8 Å². The average Bonchev–Trinajstić information content (AvgIpc) is 3.46. The fourth-order valence-electron chi connectivity index (χ4n) is 4.44. The van der Waals surface area contributed by atoms with Crippen molar-refractivity contribution in [3.63, 3.8) is 0 Å². The number of fused-ring (bicyclic) bond motifs is 1. The highest BCUT2D eigenvalue weighted by Crippen LogP contribution is 2.35. The van der Waals surface area contributed by atoms with Crippen LogP contribution in [0.5, 0.6) is 5.75 Å². The van der Waals surface area contributed by atoms with Gasteiger partial charge in [0, 0.05) is 38.7 Å². The summed E-state index contributed by atoms with van der Waals surface area (Å²) in [7, 11) is -3.57. The Balaban J connectivity index is 1.49. The van der Waals surface area contributed by atoms with E-state index in [1.165, 1.54) is 22.2 Å². The molecule has 0 unspecified atom stereocenters. The highest BCUT2D eigenvalue weighted by molar-refractivity contribution is 7.89. The van der Waals surface area contributed by atoms with Crippen molar-refractivity contribution in [3.8, 4) is 5.75 Å². The van der Waals surface area contributed by atoms with E-state index in [4.69, 9.17) is 4.74 Å². The van der Waals surface area contributed by atoms with Crippen LogP contribution in [0.4, 0.5) is 5.69 Å². The fourth-order valence-corrected chi connectivity index (χ4v) is 6.01. The molecule has 1 saturated heterocycles. The average molecular weight is 472 g/mol. The molecular formula is C24H29N3O5S. The minimum atomic E-state index is -3.57. The van der Waals surface area contributed by atoms with Gasteiger partial charge in [-0.3, -0.25) is 14.5 Å². The first-order chi connectivity index (χ1) is 15.8. The van der Waals surface area contributed by atoms with Gasteiger partial charge in [0.1, 0.15) is 11.8 Å². The van der Waals surface area contributed by atoms with Crippen molar-refractivity contribution in [2.45, 2.75) is 50.6 Å². The molecule has 2 amide bonds. The number of nitrogens with zero attached hydrogens (tertiary/aromatic N) is 2. The third-order valence-electron chi connectivity index (χ3n) is 6.08. The van der Waals surface area contributed by atoms with Gasteiger partial charge in [-0.25, -0.2) is 8.42 Å². The molecule has 0 aromatic heterocycles. The highest BCUT2D eigenvalue weighted by atomic mass is 32.2. The second kappa shape index (κ2) is 9.52. The Morgan fingerprint density at radius 2 is 1.79 bits per heavy atom. The molecule has 176 valence electrons. The number of nitrogens with one attached hydrogen (secondary N) is 1. The van der Waals surface area contributed by atoms with Crippen molar-refractivity contribution < 1.29 is 22.7 Å². The predicted octanol–water partition coefficient (Wildman–Crippen LogP) is 2.46. The lowest BCUT2D eigenvalue weighted by molar-refractivity contribution is -0.125. The topological polar surface area (TPSA) is 96.0 Å². The van der Waals surface area contributed by atoms with E-state index in [-0.39, 0.29) is 23.1 Å². The highest BCUT2D eigenvalue weighted by Gasteiger charge is 2.38. The van der Waals surface area contributed by atoms with Crippen LogP contribution < -0.4 is 15.0 Å². The molecule has 2 aliphatic heterocycles. The molecule has 0 saturated carbocycles. The molecule has 1 atom stereocenters. The van der Waals surface area contributed by atoms with Gasteiger partial charge in [-0.15, -0.1) is 0 Å². The minimum absolute atomic E-state index is 0.210. The van der Waals surface area contributed by atoms with E-state index >= 15 is 0 Å². The maximum atomic E-state index is 13.0. The van der Waals surface area contributed by atoms with E-state index in [1.54, 1.807) is 12.1 Å². The largest absolute Gasteiger partial charge is 0.494 e. The summed E-state index contributed by atoms with van der Waals surface area (Å²) in [6.45, 7) is 5.28. The van der Waals surface area contributed by atoms with E-state index in [0.29, 0.717) is 37.5 Å². The van der Waals surface area contributed by atoms with Crippen molar-refractivity contribution in [1.82, 2.24) is 9.62 Å². The number of hydrogen-bond donors (Lipinski definition) is 1. The normalized spacial score (nSPS) is 18.2. The van der Waals surface area contributed by atoms with Gasteiger partial charge < -0.3 is 10.1 Å². The molecule has 2 aromatic rings. The van der Waals surface area contributed by atoms with Crippen molar-refractivity contribution in [1.29, 1.82) is 0 Å². The predicted molar refractivity (Wildman–Crippen MR) is 125 cm³/mol. The second-order valence-electron chi connectivity index (χ2n) is 8.31. The lowest BCUT2D eigenvalue weighted by atomic mass is 10.1. The van der Waals surface area contributed by atoms with Crippen LogP contribution in [0, 0.1) is 0 Å². The minimum Gasteiger partial charge on any atom is -0.494 e. The lowest BCUT2D eigenvalue weighted by Crippen LogP contribution is -2.47. The van der Waals surface area contributed by atoms with Gasteiger partial charge in [-0.2, -0.15) is 4.31 Å². The number of benzene rings is 2. The maximum Gasteiger partial charge on any atom is 0.243 e. The van der Waals surface area contributed by atoms with Crippen molar-refractivity contribution >= 4 is 27.5 Å². The number of amides is 2. The summed E-state index contributed by atoms with van der Waals surface area (Å²) in [6.07, 6.45) is 1.99. The first-order valence-corrected chi connectivity index (χ1v) is 12.7. The third kappa shape index (κ3) is 4.74. The van der Waals surface area contributed by atoms with E-state index in [1.807, 2.05) is 31.2 Å². The summed E-state index contributed by atoms with van der Waals surface area (Å²) in [6, 6.07) is 11.5. The van der Waals surface area contributed by atoms with Gasteiger partial charge in [-0.1, -0.05) is 12.1 Å². The van der Waals surface area contributed by atoms with Crippen LogP contribution in [0.15, 0.2) is 47.4 Å². The molecule has 33 heavy (non-hydrogen) atoms. The van der Waals surface area contributed by atoms with Gasteiger partial charge in [0.05, 0.1) is 11.5 Å². The Kier molecular flexibility index (Phi) is 6.71. The van der Waals surface area contributed by atoms with E-state index in [2.05, 4.69) is 5.32 Å². The molecule has 0 bridgehead atoms. The first kappa shape index (κ1) is 23.3. The summed E-state index contributed by atoms with van der Waals surface area (Å²) in [5, 5.41) is 2.90. The number of rotatable bonds is 7. The van der Waals surface area contributed by atoms with Gasteiger partial charge in [0.15, 0.2) is 0 Å². The molecular weight excluding hydrogens is 442 g/mol. The zero-order chi connectivity index (χ0) is 23.6. The van der Waals surface area contributed by atoms with Crippen LogP contribution in [0.3, 0.4) is 0 Å². The Morgan fingerprint density at radius 3 is 2.42 bits per heavy atom. The van der Waals surface area contributed by atoms with E-state index in [0.717, 1.165) is 24.2 Å². The summed E-state index contributed by atoms with van der Waals surface area (Å²) < 4.78 is 32.8. The maximum absolute atomic E-state index is 13.0. The first-order valence-electron chi connectivity index (χ1n) is 11.2. The zero-order valence-corrected chi connectivity index (χ0v) is 19.7. The standard InChI is InChI=1S/C24H29N3O5S/c1-3-32-20-8-6-18(7-9-20)16-25-24(29)23-15-19-14-21(10-11-22(19)27(23)17(2)28)33(30,31)26-12-4-5-13-26/h6-11,14,23H,3-5,12-13,15-16H2,1-2H3,(H,25,29)/t23-/m1/s1. The molecule has 2 aliphatic rings. The number of sulfonamides is 1. The number of anilines is 1. The monoisotopic (exact) mass is 471 g/mol. The number of carbonyl (C=O) groups excluding carboxylic acids is 2. The van der Waals surface area contributed by atoms with Gasteiger partial charge >= 0.3 is 0 Å². The molecule has 2 heterocycles. The molecule has 0 aliphatic carbocycles. The van der Waals surface area contributed by atoms with Crippen molar-refractivity contribution in [2.75, 3.05) is 24.6 Å². The molecule has 0 radical (unpaired) electrons. The van der Waals surface area contributed by atoms with Crippen molar-refractivity contribution in [3.05, 3.63) is 53.6 Å². The van der Waals surface area contributed by atoms with Gasteiger partial charge in [0.25, 0.3) is 0 Å². The van der Waals surface area contributed by atoms with Crippen LogP contribution in [0.2, 0.25) is 0 Å². The quantitative estimate of drug-likeness (QED) is 0.669. The fraction of sp³-hybridized carbons (Fsp3) is 0.417. The second-order valence-corrected chi connectivity index (χ2v) is 10.2. The van der Waals surface area contributed by atoms with Gasteiger partial charge in [-0.05, 0) is 61.2 Å². The Hall–Kier alpha value is -2.91. The molecule has 2 aromatic carbocycles. The summed E-state index contributed by atoms with van der Waals surface area (Å²) in [5.74, 6) is 0.227. The van der Waals surface area contributed by atoms with Crippen LogP contribution in [0.25, 0.3) is 0 Å². The Morgan fingerprint density at radius 1 is 1.09 bits per heavy atom. The summed E-state index contributed by atoms with van der Waals surface area (Å²) in [5.41, 5.74) is 2.19. The van der Waals surface area contributed by atoms with Crippen LogP contribution in [0.1, 0.15) is 37.8 Å². The number of hydrogen-bond acceptors (Lipinski definition) is 5. The molecule has 1 fully saturated rings. The number of carbonyl (C=O) groups is 2. The van der Waals surface area contributed by atoms with E-state index < -0.39 is 16.1 Å². The SMILES string of the molecule is CCOc1ccc(CNC(=O)[C@H]2Cc3cc(S(=O)(=O)N4CCCC4)ccc3N2C(C)=O)cc1. The summed E-state index contributed by atoms with van der Waals surface area (Å²) in [4.78, 5) is 27.1. The smallest absolute Gasteiger partial charge is 0.243 e. The lowest BCUT2D eigenvalue weighted by Gasteiger charge is -2.23. The Bertz CT molecular complexity index is 1140. The van der Waals surface area contributed by atoms with Crippen molar-refractivity contribution in [2.24, 2.45) is 0 Å². The Labute approximate surface area is 194 Å². The van der Waals surface area contributed by atoms with Crippen LogP contribution >= 0.6 is 0 Å². The van der Waals surface area contributed by atoms with Crippen LogP contribution in [-0.2, 0) is 32.6 Å². The van der Waals surface area contributed by atoms with E-state index in [9.17, 15) is 18.0 Å². The summed E-state index contributed by atoms with van der Waals surface area (Å²) >= 11 is 0. The molecule has 9 heteroatoms. The molecule has 0 spiro atoms. The zero-order valence-electron chi connectivity index (χ0n) is 18.9. The van der Waals surface area contributed by atoms with Crippen LogP contribution in [-0.4, -0.2) is 50.3 Å². The number of ether oxygens (including phenoxy) is 1.